The molecule has 2 heterocycles. The average molecular weight is 618 g/mol. The van der Waals surface area contributed by atoms with Gasteiger partial charge >= 0.3 is 5.97 Å². The molecular formula is C32H28ClN3O6S. The highest BCUT2D eigenvalue weighted by molar-refractivity contribution is 7.07. The molecule has 11 heteroatoms. The summed E-state index contributed by atoms with van der Waals surface area (Å²) in [5.74, 6) is 0.0445. The number of esters is 1. The summed E-state index contributed by atoms with van der Waals surface area (Å²) in [6.45, 7) is 3.40. The molecule has 0 saturated heterocycles. The van der Waals surface area contributed by atoms with Crippen molar-refractivity contribution in [3.8, 4) is 11.5 Å². The van der Waals surface area contributed by atoms with Gasteiger partial charge in [0, 0.05) is 16.3 Å². The van der Waals surface area contributed by atoms with Gasteiger partial charge in [0.05, 0.1) is 35.6 Å². The van der Waals surface area contributed by atoms with E-state index in [0.29, 0.717) is 53.9 Å². The number of hydrogen-bond donors (Lipinski definition) is 1. The zero-order valence-corrected chi connectivity index (χ0v) is 25.2. The quantitative estimate of drug-likeness (QED) is 0.278. The standard InChI is InChI=1S/C32H28ClN3O6S/c1-4-41-27(37)18-42-25-14-13-22(33)15-21(25)17-26-31(39)36-29(20-9-8-12-24(16-20)40-3)28(19(2)34-32(36)43-26)30(38)35-23-10-6-5-7-11-23/h5-17,29H,4,18H2,1-3H3,(H,35,38)/b26-17-/t29-/m0/s1. The topological polar surface area (TPSA) is 108 Å². The maximum absolute atomic E-state index is 14.1. The van der Waals surface area contributed by atoms with Crippen molar-refractivity contribution in [2.75, 3.05) is 25.6 Å². The van der Waals surface area contributed by atoms with E-state index in [1.54, 1.807) is 69.5 Å². The van der Waals surface area contributed by atoms with Gasteiger partial charge in [-0.25, -0.2) is 9.79 Å². The second kappa shape index (κ2) is 13.1. The predicted octanol–water partition coefficient (Wildman–Crippen LogP) is 4.48. The number of allylic oxidation sites excluding steroid dienone is 1. The number of hydrogen-bond acceptors (Lipinski definition) is 8. The molecule has 1 aromatic heterocycles. The van der Waals surface area contributed by atoms with Gasteiger partial charge in [0.1, 0.15) is 11.5 Å². The Balaban J connectivity index is 1.63. The molecule has 43 heavy (non-hydrogen) atoms. The largest absolute Gasteiger partial charge is 0.497 e. The van der Waals surface area contributed by atoms with Crippen molar-refractivity contribution in [1.82, 2.24) is 4.57 Å². The van der Waals surface area contributed by atoms with E-state index in [9.17, 15) is 14.4 Å². The number of rotatable bonds is 9. The van der Waals surface area contributed by atoms with Crippen LogP contribution in [0.15, 0.2) is 93.9 Å². The van der Waals surface area contributed by atoms with Crippen LogP contribution in [0.1, 0.15) is 31.0 Å². The number of fused-ring (bicyclic) bond motifs is 1. The van der Waals surface area contributed by atoms with Crippen molar-refractivity contribution in [1.29, 1.82) is 0 Å². The van der Waals surface area contributed by atoms with Gasteiger partial charge in [0.15, 0.2) is 11.4 Å². The number of para-hydroxylation sites is 1. The number of methoxy groups -OCH3 is 1. The molecule has 4 aromatic rings. The number of benzene rings is 3. The zero-order chi connectivity index (χ0) is 30.5. The minimum atomic E-state index is -0.781. The number of thiazole rings is 1. The van der Waals surface area contributed by atoms with E-state index in [-0.39, 0.29) is 24.7 Å². The monoisotopic (exact) mass is 617 g/mol. The number of aromatic nitrogens is 1. The third-order valence-electron chi connectivity index (χ3n) is 6.62. The predicted molar refractivity (Wildman–Crippen MR) is 165 cm³/mol. The van der Waals surface area contributed by atoms with Crippen molar-refractivity contribution >= 4 is 46.6 Å². The minimum Gasteiger partial charge on any atom is -0.497 e. The number of nitrogens with one attached hydrogen (secondary N) is 1. The SMILES string of the molecule is CCOC(=O)COc1ccc(Cl)cc1/C=c1\sc2n(c1=O)[C@@H](c1cccc(OC)c1)C(C(=O)Nc1ccccc1)=C(C)N=2. The average Bonchev–Trinajstić information content (AvgIpc) is 3.30. The van der Waals surface area contributed by atoms with Gasteiger partial charge in [-0.2, -0.15) is 0 Å². The molecule has 3 aromatic carbocycles. The normalized spacial score (nSPS) is 14.5. The highest BCUT2D eigenvalue weighted by Gasteiger charge is 2.33. The number of amides is 1. The Hall–Kier alpha value is -4.67. The Morgan fingerprint density at radius 3 is 2.63 bits per heavy atom. The lowest BCUT2D eigenvalue weighted by Gasteiger charge is -2.25. The molecule has 0 aliphatic carbocycles. The summed E-state index contributed by atoms with van der Waals surface area (Å²) in [6, 6.07) is 20.5. The molecule has 0 saturated carbocycles. The molecule has 9 nitrogen and oxygen atoms in total. The summed E-state index contributed by atoms with van der Waals surface area (Å²) in [4.78, 5) is 44.8. The Kier molecular flexibility index (Phi) is 9.08. The van der Waals surface area contributed by atoms with Gasteiger partial charge in [-0.3, -0.25) is 14.2 Å². The van der Waals surface area contributed by atoms with Gasteiger partial charge in [-0.05, 0) is 68.0 Å². The lowest BCUT2D eigenvalue weighted by Crippen LogP contribution is -2.40. The van der Waals surface area contributed by atoms with Crippen molar-refractivity contribution < 1.29 is 23.8 Å². The van der Waals surface area contributed by atoms with Gasteiger partial charge < -0.3 is 19.5 Å². The van der Waals surface area contributed by atoms with Crippen LogP contribution in [-0.2, 0) is 14.3 Å². The molecule has 5 rings (SSSR count). The number of nitrogens with zero attached hydrogens (tertiary/aromatic N) is 2. The zero-order valence-electron chi connectivity index (χ0n) is 23.6. The second-order valence-electron chi connectivity index (χ2n) is 9.45. The van der Waals surface area contributed by atoms with Gasteiger partial charge in [-0.1, -0.05) is 53.3 Å². The maximum Gasteiger partial charge on any atom is 0.344 e. The molecular weight excluding hydrogens is 590 g/mol. The molecule has 0 fully saturated rings. The number of carbonyl (C=O) groups excluding carboxylic acids is 2. The number of carbonyl (C=O) groups is 2. The fourth-order valence-electron chi connectivity index (χ4n) is 4.70. The first kappa shape index (κ1) is 29.8. The molecule has 0 radical (unpaired) electrons. The van der Waals surface area contributed by atoms with Gasteiger partial charge in [0.25, 0.3) is 11.5 Å². The number of halogens is 1. The molecule has 1 aliphatic rings. The van der Waals surface area contributed by atoms with Crippen molar-refractivity contribution in [2.24, 2.45) is 4.99 Å². The summed E-state index contributed by atoms with van der Waals surface area (Å²) in [7, 11) is 1.56. The molecule has 0 bridgehead atoms. The highest BCUT2D eigenvalue weighted by atomic mass is 35.5. The first-order valence-electron chi connectivity index (χ1n) is 13.4. The first-order valence-corrected chi connectivity index (χ1v) is 14.6. The van der Waals surface area contributed by atoms with Crippen LogP contribution in [0.3, 0.4) is 0 Å². The molecule has 0 unspecified atom stereocenters. The molecule has 0 spiro atoms. The van der Waals surface area contributed by atoms with Crippen LogP contribution >= 0.6 is 22.9 Å². The van der Waals surface area contributed by atoms with Crippen LogP contribution in [0.5, 0.6) is 11.5 Å². The summed E-state index contributed by atoms with van der Waals surface area (Å²) in [5, 5.41) is 3.36. The third kappa shape index (κ3) is 6.55. The minimum absolute atomic E-state index is 0.232. The van der Waals surface area contributed by atoms with E-state index in [0.717, 1.165) is 0 Å². The van der Waals surface area contributed by atoms with Crippen molar-refractivity contribution in [2.45, 2.75) is 19.9 Å². The van der Waals surface area contributed by atoms with Crippen LogP contribution in [0.25, 0.3) is 6.08 Å². The summed E-state index contributed by atoms with van der Waals surface area (Å²) in [5.41, 5.74) is 2.25. The van der Waals surface area contributed by atoms with Gasteiger partial charge in [-0.15, -0.1) is 0 Å². The van der Waals surface area contributed by atoms with Crippen LogP contribution in [0, 0.1) is 0 Å². The van der Waals surface area contributed by atoms with E-state index in [1.165, 1.54) is 15.9 Å². The molecule has 1 N–H and O–H groups in total. The summed E-state index contributed by atoms with van der Waals surface area (Å²) in [6.07, 6.45) is 1.64. The summed E-state index contributed by atoms with van der Waals surface area (Å²) < 4.78 is 18.0. The van der Waals surface area contributed by atoms with Crippen molar-refractivity contribution in [3.63, 3.8) is 0 Å². The van der Waals surface area contributed by atoms with Crippen LogP contribution in [0.4, 0.5) is 5.69 Å². The molecule has 1 aliphatic heterocycles. The van der Waals surface area contributed by atoms with Crippen LogP contribution < -0.4 is 29.7 Å². The van der Waals surface area contributed by atoms with Crippen LogP contribution in [-0.4, -0.2) is 36.8 Å². The molecule has 1 amide bonds. The van der Waals surface area contributed by atoms with E-state index in [4.69, 9.17) is 25.8 Å². The fraction of sp³-hybridized carbons (Fsp3) is 0.188. The maximum atomic E-state index is 14.1. The van der Waals surface area contributed by atoms with Gasteiger partial charge in [0.2, 0.25) is 0 Å². The van der Waals surface area contributed by atoms with E-state index < -0.39 is 12.0 Å². The Bertz CT molecular complexity index is 1900. The summed E-state index contributed by atoms with van der Waals surface area (Å²) >= 11 is 7.45. The number of ether oxygens (including phenoxy) is 3. The Morgan fingerprint density at radius 1 is 1.09 bits per heavy atom. The number of anilines is 1. The van der Waals surface area contributed by atoms with E-state index in [1.807, 2.05) is 30.3 Å². The lowest BCUT2D eigenvalue weighted by atomic mass is 9.95. The van der Waals surface area contributed by atoms with E-state index in [2.05, 4.69) is 10.3 Å². The molecule has 1 atom stereocenters. The third-order valence-corrected chi connectivity index (χ3v) is 7.83. The Labute approximate surface area is 256 Å². The fourth-order valence-corrected chi connectivity index (χ4v) is 5.92. The smallest absolute Gasteiger partial charge is 0.344 e. The lowest BCUT2D eigenvalue weighted by molar-refractivity contribution is -0.145. The second-order valence-corrected chi connectivity index (χ2v) is 10.9. The highest BCUT2D eigenvalue weighted by Crippen LogP contribution is 2.32. The first-order chi connectivity index (χ1) is 20.8. The molecule has 220 valence electrons. The van der Waals surface area contributed by atoms with Crippen LogP contribution in [0.2, 0.25) is 5.02 Å². The Morgan fingerprint density at radius 2 is 1.88 bits per heavy atom. The van der Waals surface area contributed by atoms with Crippen molar-refractivity contribution in [3.05, 3.63) is 120 Å². The van der Waals surface area contributed by atoms with E-state index >= 15 is 0 Å².